The molecule has 0 aromatic heterocycles. The minimum atomic E-state index is -0.346. The van der Waals surface area contributed by atoms with Crippen molar-refractivity contribution in [1.82, 2.24) is 0 Å². The molecule has 1 aromatic carbocycles. The molecule has 3 heteroatoms. The molecule has 0 aliphatic carbocycles. The van der Waals surface area contributed by atoms with Crippen LogP contribution < -0.4 is 5.73 Å². The topological polar surface area (TPSA) is 26.0 Å². The molecule has 13 heavy (non-hydrogen) atoms. The van der Waals surface area contributed by atoms with Crippen LogP contribution in [0, 0.1) is 0 Å². The maximum absolute atomic E-state index is 6.10. The van der Waals surface area contributed by atoms with Gasteiger partial charge in [0.05, 0.1) is 0 Å². The number of hydrogen-bond acceptors (Lipinski definition) is 1. The summed E-state index contributed by atoms with van der Waals surface area (Å²) < 4.78 is 1.01. The van der Waals surface area contributed by atoms with Gasteiger partial charge in [-0.2, -0.15) is 0 Å². The van der Waals surface area contributed by atoms with Crippen LogP contribution in [0.2, 0.25) is 5.02 Å². The molecule has 0 amide bonds. The quantitative estimate of drug-likeness (QED) is 0.864. The molecular weight excluding hydrogens is 249 g/mol. The third-order valence-corrected chi connectivity index (χ3v) is 3.10. The molecule has 0 fully saturated rings. The predicted octanol–water partition coefficient (Wildman–Crippen LogP) is 3.69. The molecule has 1 nitrogen and oxygen atoms in total. The van der Waals surface area contributed by atoms with E-state index in [1.807, 2.05) is 25.1 Å². The summed E-state index contributed by atoms with van der Waals surface area (Å²) in [4.78, 5) is 0. The standard InChI is InChI=1S/C10H13BrClN/c1-3-10(2,13)8-6-7(11)4-5-9(8)12/h4-6H,3,13H2,1-2H3/t10-/m0/s1. The fraction of sp³-hybridized carbons (Fsp3) is 0.400. The first-order valence-electron chi connectivity index (χ1n) is 4.22. The Hall–Kier alpha value is -0.0500. The summed E-state index contributed by atoms with van der Waals surface area (Å²) in [5.41, 5.74) is 6.75. The zero-order valence-corrected chi connectivity index (χ0v) is 10.1. The second-order valence-electron chi connectivity index (χ2n) is 3.40. The first-order chi connectivity index (χ1) is 5.97. The van der Waals surface area contributed by atoms with E-state index in [0.29, 0.717) is 0 Å². The summed E-state index contributed by atoms with van der Waals surface area (Å²) in [5, 5.41) is 0.732. The average molecular weight is 263 g/mol. The molecule has 1 aromatic rings. The van der Waals surface area contributed by atoms with E-state index in [9.17, 15) is 0 Å². The van der Waals surface area contributed by atoms with Gasteiger partial charge >= 0.3 is 0 Å². The van der Waals surface area contributed by atoms with Crippen LogP contribution in [0.1, 0.15) is 25.8 Å². The Morgan fingerprint density at radius 3 is 2.69 bits per heavy atom. The van der Waals surface area contributed by atoms with Gasteiger partial charge in [-0.15, -0.1) is 0 Å². The third-order valence-electron chi connectivity index (χ3n) is 2.28. The molecular formula is C10H13BrClN. The van der Waals surface area contributed by atoms with Crippen LogP contribution in [0.25, 0.3) is 0 Å². The molecule has 0 heterocycles. The minimum absolute atomic E-state index is 0.346. The summed E-state index contributed by atoms with van der Waals surface area (Å²) in [7, 11) is 0. The zero-order valence-electron chi connectivity index (χ0n) is 7.77. The van der Waals surface area contributed by atoms with Crippen molar-refractivity contribution < 1.29 is 0 Å². The number of benzene rings is 1. The Morgan fingerprint density at radius 1 is 1.54 bits per heavy atom. The highest BCUT2D eigenvalue weighted by molar-refractivity contribution is 9.10. The van der Waals surface area contributed by atoms with E-state index >= 15 is 0 Å². The van der Waals surface area contributed by atoms with Gasteiger partial charge in [0.25, 0.3) is 0 Å². The Balaban J connectivity index is 3.20. The van der Waals surface area contributed by atoms with Crippen molar-refractivity contribution in [2.75, 3.05) is 0 Å². The second-order valence-corrected chi connectivity index (χ2v) is 4.72. The monoisotopic (exact) mass is 261 g/mol. The largest absolute Gasteiger partial charge is 0.322 e. The van der Waals surface area contributed by atoms with Crippen LogP contribution in [-0.2, 0) is 5.54 Å². The highest BCUT2D eigenvalue weighted by Gasteiger charge is 2.21. The normalized spacial score (nSPS) is 15.5. The van der Waals surface area contributed by atoms with Crippen LogP contribution >= 0.6 is 27.5 Å². The lowest BCUT2D eigenvalue weighted by Gasteiger charge is -2.24. The lowest BCUT2D eigenvalue weighted by atomic mass is 9.91. The summed E-state index contributed by atoms with van der Waals surface area (Å²) >= 11 is 9.46. The van der Waals surface area contributed by atoms with E-state index in [2.05, 4.69) is 22.9 Å². The Kier molecular flexibility index (Phi) is 3.38. The van der Waals surface area contributed by atoms with Gasteiger partial charge < -0.3 is 5.73 Å². The molecule has 0 bridgehead atoms. The molecule has 0 saturated heterocycles. The highest BCUT2D eigenvalue weighted by atomic mass is 79.9. The maximum Gasteiger partial charge on any atom is 0.0457 e. The summed E-state index contributed by atoms with van der Waals surface area (Å²) in [6.45, 7) is 4.04. The fourth-order valence-corrected chi connectivity index (χ4v) is 1.82. The molecule has 0 radical (unpaired) electrons. The van der Waals surface area contributed by atoms with E-state index in [1.54, 1.807) is 0 Å². The van der Waals surface area contributed by atoms with E-state index in [-0.39, 0.29) is 5.54 Å². The fourth-order valence-electron chi connectivity index (χ4n) is 1.13. The smallest absolute Gasteiger partial charge is 0.0457 e. The average Bonchev–Trinajstić information content (AvgIpc) is 2.09. The van der Waals surface area contributed by atoms with Gasteiger partial charge in [-0.1, -0.05) is 34.5 Å². The SMILES string of the molecule is CC[C@](C)(N)c1cc(Br)ccc1Cl. The Morgan fingerprint density at radius 2 is 2.15 bits per heavy atom. The van der Waals surface area contributed by atoms with Gasteiger partial charge in [-0.05, 0) is 37.1 Å². The van der Waals surface area contributed by atoms with Crippen LogP contribution in [0.4, 0.5) is 0 Å². The van der Waals surface area contributed by atoms with Gasteiger partial charge in [0.15, 0.2) is 0 Å². The third kappa shape index (κ3) is 2.46. The number of halogens is 2. The summed E-state index contributed by atoms with van der Waals surface area (Å²) in [6.07, 6.45) is 0.864. The van der Waals surface area contributed by atoms with Gasteiger partial charge in [-0.3, -0.25) is 0 Å². The molecule has 0 saturated carbocycles. The highest BCUT2D eigenvalue weighted by Crippen LogP contribution is 2.30. The van der Waals surface area contributed by atoms with Crippen molar-refractivity contribution in [2.45, 2.75) is 25.8 Å². The first-order valence-corrected chi connectivity index (χ1v) is 5.39. The van der Waals surface area contributed by atoms with Gasteiger partial charge in [0.1, 0.15) is 0 Å². The molecule has 0 aliphatic rings. The lowest BCUT2D eigenvalue weighted by Crippen LogP contribution is -2.32. The van der Waals surface area contributed by atoms with E-state index in [4.69, 9.17) is 17.3 Å². The molecule has 0 aliphatic heterocycles. The number of nitrogens with two attached hydrogens (primary N) is 1. The number of hydrogen-bond donors (Lipinski definition) is 1. The van der Waals surface area contributed by atoms with Crippen molar-refractivity contribution in [3.63, 3.8) is 0 Å². The molecule has 1 rings (SSSR count). The van der Waals surface area contributed by atoms with E-state index in [0.717, 1.165) is 21.5 Å². The molecule has 0 spiro atoms. The predicted molar refractivity (Wildman–Crippen MR) is 61.0 cm³/mol. The Labute approximate surface area is 92.4 Å². The van der Waals surface area contributed by atoms with Gasteiger partial charge in [0.2, 0.25) is 0 Å². The van der Waals surface area contributed by atoms with Crippen LogP contribution in [-0.4, -0.2) is 0 Å². The Bertz CT molecular complexity index is 310. The maximum atomic E-state index is 6.10. The van der Waals surface area contributed by atoms with Crippen LogP contribution in [0.5, 0.6) is 0 Å². The first kappa shape index (κ1) is 11.0. The number of rotatable bonds is 2. The minimum Gasteiger partial charge on any atom is -0.322 e. The van der Waals surface area contributed by atoms with Crippen LogP contribution in [0.15, 0.2) is 22.7 Å². The van der Waals surface area contributed by atoms with Crippen molar-refractivity contribution in [1.29, 1.82) is 0 Å². The molecule has 1 atom stereocenters. The molecule has 0 unspecified atom stereocenters. The molecule has 72 valence electrons. The zero-order chi connectivity index (χ0) is 10.1. The van der Waals surface area contributed by atoms with Crippen molar-refractivity contribution in [3.8, 4) is 0 Å². The van der Waals surface area contributed by atoms with E-state index in [1.165, 1.54) is 0 Å². The van der Waals surface area contributed by atoms with Gasteiger partial charge in [0, 0.05) is 15.0 Å². The van der Waals surface area contributed by atoms with E-state index < -0.39 is 0 Å². The summed E-state index contributed by atoms with van der Waals surface area (Å²) in [6, 6.07) is 5.76. The van der Waals surface area contributed by atoms with Gasteiger partial charge in [-0.25, -0.2) is 0 Å². The molecule has 2 N–H and O–H groups in total. The lowest BCUT2D eigenvalue weighted by molar-refractivity contribution is 0.476. The summed E-state index contributed by atoms with van der Waals surface area (Å²) in [5.74, 6) is 0. The second kappa shape index (κ2) is 3.99. The van der Waals surface area contributed by atoms with Crippen molar-refractivity contribution in [2.24, 2.45) is 5.73 Å². The van der Waals surface area contributed by atoms with Crippen LogP contribution in [0.3, 0.4) is 0 Å². The van der Waals surface area contributed by atoms with Crippen molar-refractivity contribution >= 4 is 27.5 Å². The van der Waals surface area contributed by atoms with Crippen molar-refractivity contribution in [3.05, 3.63) is 33.3 Å².